The number of carbonyl (C=O) groups is 1. The first kappa shape index (κ1) is 10.4. The third-order valence-electron chi connectivity index (χ3n) is 1.41. The molecule has 0 heterocycles. The summed E-state index contributed by atoms with van der Waals surface area (Å²) >= 11 is 0. The molecule has 3 nitrogen and oxygen atoms in total. The van der Waals surface area contributed by atoms with Gasteiger partial charge in [-0.25, -0.2) is 0 Å². The van der Waals surface area contributed by atoms with Gasteiger partial charge < -0.3 is 10.5 Å². The van der Waals surface area contributed by atoms with Crippen LogP contribution in [0.4, 0.5) is 0 Å². The lowest BCUT2D eigenvalue weighted by Gasteiger charge is -2.11. The van der Waals surface area contributed by atoms with Crippen molar-refractivity contribution in [2.24, 2.45) is 11.7 Å². The maximum Gasteiger partial charge on any atom is 0.308 e. The summed E-state index contributed by atoms with van der Waals surface area (Å²) < 4.78 is 4.81. The Morgan fingerprint density at radius 2 is 2.09 bits per heavy atom. The van der Waals surface area contributed by atoms with E-state index >= 15 is 0 Å². The van der Waals surface area contributed by atoms with E-state index in [9.17, 15) is 4.79 Å². The Hall–Kier alpha value is -0.570. The van der Waals surface area contributed by atoms with Crippen LogP contribution in [0.2, 0.25) is 0 Å². The molecule has 0 spiro atoms. The summed E-state index contributed by atoms with van der Waals surface area (Å²) in [6.07, 6.45) is 0.693. The lowest BCUT2D eigenvalue weighted by Crippen LogP contribution is -2.24. The standard InChI is InChI=1S/C8H17NO2/c1-4-11-8(10)6(2)5-7(3)9/h6-7H,4-5,9H2,1-3H3/t6-,7?/m1/s1. The minimum atomic E-state index is -0.148. The zero-order valence-corrected chi connectivity index (χ0v) is 7.46. The van der Waals surface area contributed by atoms with Gasteiger partial charge in [0.25, 0.3) is 0 Å². The first-order valence-corrected chi connectivity index (χ1v) is 4.00. The van der Waals surface area contributed by atoms with Crippen molar-refractivity contribution in [2.75, 3.05) is 6.61 Å². The Balaban J connectivity index is 3.64. The molecule has 11 heavy (non-hydrogen) atoms. The summed E-state index contributed by atoms with van der Waals surface area (Å²) in [5, 5.41) is 0. The zero-order valence-electron chi connectivity index (χ0n) is 7.46. The van der Waals surface area contributed by atoms with Gasteiger partial charge in [0.05, 0.1) is 12.5 Å². The van der Waals surface area contributed by atoms with Crippen LogP contribution in [0.3, 0.4) is 0 Å². The van der Waals surface area contributed by atoms with Crippen LogP contribution < -0.4 is 5.73 Å². The molecule has 0 saturated heterocycles. The highest BCUT2D eigenvalue weighted by Crippen LogP contribution is 2.06. The van der Waals surface area contributed by atoms with Crippen LogP contribution in [-0.2, 0) is 9.53 Å². The van der Waals surface area contributed by atoms with Gasteiger partial charge in [0.2, 0.25) is 0 Å². The molecule has 0 fully saturated rings. The van der Waals surface area contributed by atoms with E-state index in [0.29, 0.717) is 13.0 Å². The lowest BCUT2D eigenvalue weighted by molar-refractivity contribution is -0.147. The number of nitrogens with two attached hydrogens (primary N) is 1. The average molecular weight is 159 g/mol. The second kappa shape index (κ2) is 5.13. The molecule has 2 N–H and O–H groups in total. The normalized spacial score (nSPS) is 15.6. The molecule has 0 bridgehead atoms. The second-order valence-electron chi connectivity index (χ2n) is 2.87. The van der Waals surface area contributed by atoms with E-state index < -0.39 is 0 Å². The Kier molecular flexibility index (Phi) is 4.86. The van der Waals surface area contributed by atoms with Crippen molar-refractivity contribution in [2.45, 2.75) is 33.2 Å². The van der Waals surface area contributed by atoms with Crippen molar-refractivity contribution in [1.29, 1.82) is 0 Å². The fourth-order valence-electron chi connectivity index (χ4n) is 0.938. The van der Waals surface area contributed by atoms with Crippen molar-refractivity contribution in [1.82, 2.24) is 0 Å². The highest BCUT2D eigenvalue weighted by atomic mass is 16.5. The SMILES string of the molecule is CCOC(=O)[C@H](C)CC(C)N. The first-order valence-electron chi connectivity index (χ1n) is 4.00. The maximum absolute atomic E-state index is 11.0. The number of rotatable bonds is 4. The molecule has 0 aliphatic rings. The fraction of sp³-hybridized carbons (Fsp3) is 0.875. The van der Waals surface area contributed by atoms with Crippen LogP contribution in [0, 0.1) is 5.92 Å². The first-order chi connectivity index (χ1) is 5.07. The summed E-state index contributed by atoms with van der Waals surface area (Å²) in [7, 11) is 0. The van der Waals surface area contributed by atoms with Crippen LogP contribution in [0.15, 0.2) is 0 Å². The Bertz CT molecular complexity index is 123. The molecule has 66 valence electrons. The number of hydrogen-bond acceptors (Lipinski definition) is 3. The minimum Gasteiger partial charge on any atom is -0.466 e. The molecule has 1 unspecified atom stereocenters. The van der Waals surface area contributed by atoms with Crippen molar-refractivity contribution in [3.8, 4) is 0 Å². The van der Waals surface area contributed by atoms with Crippen LogP contribution >= 0.6 is 0 Å². The van der Waals surface area contributed by atoms with Gasteiger partial charge in [0.15, 0.2) is 0 Å². The van der Waals surface area contributed by atoms with Gasteiger partial charge >= 0.3 is 5.97 Å². The number of carbonyl (C=O) groups excluding carboxylic acids is 1. The molecule has 0 radical (unpaired) electrons. The van der Waals surface area contributed by atoms with Crippen molar-refractivity contribution in [3.63, 3.8) is 0 Å². The lowest BCUT2D eigenvalue weighted by atomic mass is 10.0. The summed E-state index contributed by atoms with van der Waals surface area (Å²) in [5.74, 6) is -0.222. The largest absolute Gasteiger partial charge is 0.466 e. The fourth-order valence-corrected chi connectivity index (χ4v) is 0.938. The van der Waals surface area contributed by atoms with Gasteiger partial charge in [-0.2, -0.15) is 0 Å². The molecule has 0 aromatic rings. The van der Waals surface area contributed by atoms with Crippen molar-refractivity contribution >= 4 is 5.97 Å². The van der Waals surface area contributed by atoms with Crippen LogP contribution in [0.5, 0.6) is 0 Å². The summed E-state index contributed by atoms with van der Waals surface area (Å²) in [6, 6.07) is 0.0643. The molecule has 3 heteroatoms. The van der Waals surface area contributed by atoms with E-state index in [2.05, 4.69) is 0 Å². The highest BCUT2D eigenvalue weighted by molar-refractivity contribution is 5.71. The van der Waals surface area contributed by atoms with Crippen LogP contribution in [0.25, 0.3) is 0 Å². The summed E-state index contributed by atoms with van der Waals surface area (Å²) in [4.78, 5) is 11.0. The molecule has 0 rings (SSSR count). The quantitative estimate of drug-likeness (QED) is 0.621. The number of esters is 1. The van der Waals surface area contributed by atoms with Crippen molar-refractivity contribution in [3.05, 3.63) is 0 Å². The van der Waals surface area contributed by atoms with Gasteiger partial charge in [-0.1, -0.05) is 6.92 Å². The summed E-state index contributed by atoms with van der Waals surface area (Å²) in [6.45, 7) is 5.97. The highest BCUT2D eigenvalue weighted by Gasteiger charge is 2.14. The third-order valence-corrected chi connectivity index (χ3v) is 1.41. The molecular weight excluding hydrogens is 142 g/mol. The smallest absolute Gasteiger partial charge is 0.308 e. The van der Waals surface area contributed by atoms with Gasteiger partial charge in [-0.05, 0) is 20.3 Å². The van der Waals surface area contributed by atoms with E-state index in [4.69, 9.17) is 10.5 Å². The third kappa shape index (κ3) is 4.79. The number of ether oxygens (including phenoxy) is 1. The van der Waals surface area contributed by atoms with Crippen LogP contribution in [-0.4, -0.2) is 18.6 Å². The predicted octanol–water partition coefficient (Wildman–Crippen LogP) is 0.923. The van der Waals surface area contributed by atoms with Gasteiger partial charge in [-0.15, -0.1) is 0 Å². The Morgan fingerprint density at radius 3 is 2.45 bits per heavy atom. The number of hydrogen-bond donors (Lipinski definition) is 1. The molecule has 0 amide bonds. The predicted molar refractivity (Wildman–Crippen MR) is 44.1 cm³/mol. The van der Waals surface area contributed by atoms with Gasteiger partial charge in [0.1, 0.15) is 0 Å². The second-order valence-corrected chi connectivity index (χ2v) is 2.87. The molecule has 0 saturated carbocycles. The molecule has 0 aliphatic heterocycles. The minimum absolute atomic E-state index is 0.0643. The summed E-state index contributed by atoms with van der Waals surface area (Å²) in [5.41, 5.74) is 5.52. The van der Waals surface area contributed by atoms with E-state index in [0.717, 1.165) is 0 Å². The zero-order chi connectivity index (χ0) is 8.85. The van der Waals surface area contributed by atoms with E-state index in [1.807, 2.05) is 13.8 Å². The van der Waals surface area contributed by atoms with Crippen LogP contribution in [0.1, 0.15) is 27.2 Å². The van der Waals surface area contributed by atoms with E-state index in [1.165, 1.54) is 0 Å². The van der Waals surface area contributed by atoms with E-state index in [-0.39, 0.29) is 17.9 Å². The van der Waals surface area contributed by atoms with Gasteiger partial charge in [-0.3, -0.25) is 4.79 Å². The average Bonchev–Trinajstić information content (AvgIpc) is 1.86. The van der Waals surface area contributed by atoms with Gasteiger partial charge in [0, 0.05) is 6.04 Å². The molecule has 0 aromatic heterocycles. The molecule has 0 aromatic carbocycles. The monoisotopic (exact) mass is 159 g/mol. The van der Waals surface area contributed by atoms with E-state index in [1.54, 1.807) is 6.92 Å². The maximum atomic E-state index is 11.0. The topological polar surface area (TPSA) is 52.3 Å². The Morgan fingerprint density at radius 1 is 1.55 bits per heavy atom. The molecular formula is C8H17NO2. The van der Waals surface area contributed by atoms with Crippen molar-refractivity contribution < 1.29 is 9.53 Å². The molecule has 2 atom stereocenters. The molecule has 0 aliphatic carbocycles. The Labute approximate surface area is 67.9 Å².